The number of benzene rings is 1. The molecule has 1 N–H and O–H groups in total. The second-order valence-corrected chi connectivity index (χ2v) is 3.70. The number of carbonyl (C=O) groups excluding carboxylic acids is 1. The Kier molecular flexibility index (Phi) is 3.96. The summed E-state index contributed by atoms with van der Waals surface area (Å²) < 4.78 is 10.6. The van der Waals surface area contributed by atoms with Gasteiger partial charge in [0, 0.05) is 18.1 Å². The van der Waals surface area contributed by atoms with Crippen molar-refractivity contribution in [3.05, 3.63) is 35.6 Å². The third-order valence-corrected chi connectivity index (χ3v) is 2.50. The fourth-order valence-electron chi connectivity index (χ4n) is 1.75. The number of carbonyl (C=O) groups is 1. The number of fused-ring (bicyclic) bond motifs is 1. The summed E-state index contributed by atoms with van der Waals surface area (Å²) in [6.45, 7) is 2.49. The minimum absolute atomic E-state index is 0.228. The maximum Gasteiger partial charge on any atom is 0.310 e. The van der Waals surface area contributed by atoms with Crippen LogP contribution in [0, 0.1) is 0 Å². The van der Waals surface area contributed by atoms with E-state index in [1.54, 1.807) is 14.0 Å². The number of para-hydroxylation sites is 1. The number of nitrogens with one attached hydrogen (secondary N) is 1. The Hall–Kier alpha value is -1.85. The highest BCUT2D eigenvalue weighted by molar-refractivity contribution is 5.98. The topological polar surface area (TPSA) is 60.7 Å². The zero-order valence-electron chi connectivity index (χ0n) is 10.4. The van der Waals surface area contributed by atoms with Crippen molar-refractivity contribution in [3.8, 4) is 0 Å². The van der Waals surface area contributed by atoms with E-state index in [1.807, 2.05) is 24.3 Å². The maximum absolute atomic E-state index is 11.9. The Morgan fingerprint density at radius 1 is 1.39 bits per heavy atom. The van der Waals surface area contributed by atoms with Gasteiger partial charge in [-0.15, -0.1) is 0 Å². The van der Waals surface area contributed by atoms with E-state index < -0.39 is 5.91 Å². The normalized spacial score (nSPS) is 10.8. The summed E-state index contributed by atoms with van der Waals surface area (Å²) in [6, 6.07) is 7.45. The molecule has 5 nitrogen and oxygen atoms in total. The zero-order valence-corrected chi connectivity index (χ0v) is 10.4. The molecule has 0 saturated heterocycles. The monoisotopic (exact) mass is 249 g/mol. The van der Waals surface area contributed by atoms with Crippen LogP contribution in [0.3, 0.4) is 0 Å². The van der Waals surface area contributed by atoms with Crippen LogP contribution < -0.4 is 5.48 Å². The largest absolute Gasteiger partial charge is 0.450 e. The molecule has 5 heteroatoms. The van der Waals surface area contributed by atoms with Gasteiger partial charge in [0.1, 0.15) is 5.58 Å². The van der Waals surface area contributed by atoms with Gasteiger partial charge in [0.25, 0.3) is 0 Å². The Bertz CT molecular complexity index is 547. The molecule has 0 aliphatic heterocycles. The molecule has 2 aromatic rings. The highest BCUT2D eigenvalue weighted by Crippen LogP contribution is 2.26. The molecule has 0 bridgehead atoms. The number of hydroxylamine groups is 1. The number of hydrogen-bond donors (Lipinski definition) is 1. The van der Waals surface area contributed by atoms with Crippen LogP contribution in [0.25, 0.3) is 11.0 Å². The summed E-state index contributed by atoms with van der Waals surface area (Å²) in [5.74, 6) is -0.174. The van der Waals surface area contributed by atoms with Gasteiger partial charge in [-0.1, -0.05) is 18.2 Å². The second-order valence-electron chi connectivity index (χ2n) is 3.70. The predicted molar refractivity (Wildman–Crippen MR) is 66.0 cm³/mol. The molecule has 1 aromatic carbocycles. The first-order valence-corrected chi connectivity index (χ1v) is 5.69. The summed E-state index contributed by atoms with van der Waals surface area (Å²) in [5, 5.41) is 0.876. The predicted octanol–water partition coefficient (Wildman–Crippen LogP) is 2.26. The van der Waals surface area contributed by atoms with Gasteiger partial charge in [-0.2, -0.15) is 0 Å². The zero-order chi connectivity index (χ0) is 13.0. The van der Waals surface area contributed by atoms with Gasteiger partial charge in [-0.3, -0.25) is 9.63 Å². The lowest BCUT2D eigenvalue weighted by molar-refractivity contribution is 0.0338. The quantitative estimate of drug-likeness (QED) is 0.826. The van der Waals surface area contributed by atoms with E-state index in [-0.39, 0.29) is 5.76 Å². The fraction of sp³-hybridized carbons (Fsp3) is 0.308. The number of amides is 1. The van der Waals surface area contributed by atoms with Crippen LogP contribution in [0.1, 0.15) is 23.0 Å². The maximum atomic E-state index is 11.9. The highest BCUT2D eigenvalue weighted by atomic mass is 16.7. The fourth-order valence-corrected chi connectivity index (χ4v) is 1.75. The first-order chi connectivity index (χ1) is 8.77. The van der Waals surface area contributed by atoms with Gasteiger partial charge in [-0.25, -0.2) is 5.48 Å². The molecule has 0 spiro atoms. The van der Waals surface area contributed by atoms with Crippen molar-refractivity contribution < 1.29 is 18.8 Å². The van der Waals surface area contributed by atoms with Crippen molar-refractivity contribution in [2.45, 2.75) is 13.5 Å². The van der Waals surface area contributed by atoms with Crippen LogP contribution in [0.2, 0.25) is 0 Å². The van der Waals surface area contributed by atoms with E-state index in [9.17, 15) is 4.79 Å². The molecule has 0 atom stereocenters. The van der Waals surface area contributed by atoms with Crippen molar-refractivity contribution in [1.29, 1.82) is 0 Å². The number of rotatable bonds is 5. The van der Waals surface area contributed by atoms with Gasteiger partial charge in [0.05, 0.1) is 13.2 Å². The minimum atomic E-state index is -0.403. The molecule has 1 heterocycles. The standard InChI is InChI=1S/C13H15NO4/c1-3-17-14-13(15)12-10(8-16-2)9-6-4-5-7-11(9)18-12/h4-7H,3,8H2,1-2H3,(H,14,15). The molecule has 0 saturated carbocycles. The SMILES string of the molecule is CCONC(=O)c1oc2ccccc2c1COC. The van der Waals surface area contributed by atoms with Gasteiger partial charge in [0.2, 0.25) is 0 Å². The lowest BCUT2D eigenvalue weighted by Gasteiger charge is -2.03. The molecule has 0 fully saturated rings. The Morgan fingerprint density at radius 3 is 2.89 bits per heavy atom. The van der Waals surface area contributed by atoms with E-state index in [0.29, 0.717) is 18.8 Å². The molecule has 96 valence electrons. The van der Waals surface area contributed by atoms with Gasteiger partial charge >= 0.3 is 5.91 Å². The minimum Gasteiger partial charge on any atom is -0.450 e. The molecular weight excluding hydrogens is 234 g/mol. The van der Waals surface area contributed by atoms with Gasteiger partial charge in [0.15, 0.2) is 5.76 Å². The lowest BCUT2D eigenvalue weighted by atomic mass is 10.1. The first-order valence-electron chi connectivity index (χ1n) is 5.69. The van der Waals surface area contributed by atoms with Crippen LogP contribution in [-0.4, -0.2) is 19.6 Å². The van der Waals surface area contributed by atoms with Gasteiger partial charge in [-0.05, 0) is 13.0 Å². The summed E-state index contributed by atoms with van der Waals surface area (Å²) in [7, 11) is 1.58. The van der Waals surface area contributed by atoms with Crippen molar-refractivity contribution >= 4 is 16.9 Å². The van der Waals surface area contributed by atoms with Crippen molar-refractivity contribution in [2.24, 2.45) is 0 Å². The number of furan rings is 1. The summed E-state index contributed by atoms with van der Waals surface area (Å²) in [5.41, 5.74) is 3.71. The average molecular weight is 249 g/mol. The number of ether oxygens (including phenoxy) is 1. The van der Waals surface area contributed by atoms with Crippen LogP contribution in [0.5, 0.6) is 0 Å². The molecule has 1 amide bonds. The second kappa shape index (κ2) is 5.66. The van der Waals surface area contributed by atoms with E-state index >= 15 is 0 Å². The lowest BCUT2D eigenvalue weighted by Crippen LogP contribution is -2.24. The Labute approximate surface area is 105 Å². The summed E-state index contributed by atoms with van der Waals surface area (Å²) >= 11 is 0. The van der Waals surface area contributed by atoms with Crippen LogP contribution in [-0.2, 0) is 16.2 Å². The number of methoxy groups -OCH3 is 1. The van der Waals surface area contributed by atoms with E-state index in [4.69, 9.17) is 14.0 Å². The third-order valence-electron chi connectivity index (χ3n) is 2.50. The summed E-state index contributed by atoms with van der Waals surface area (Å²) in [4.78, 5) is 16.8. The average Bonchev–Trinajstić information content (AvgIpc) is 2.76. The van der Waals surface area contributed by atoms with E-state index in [2.05, 4.69) is 5.48 Å². The summed E-state index contributed by atoms with van der Waals surface area (Å²) in [6.07, 6.45) is 0. The molecule has 0 aliphatic rings. The van der Waals surface area contributed by atoms with E-state index in [1.165, 1.54) is 0 Å². The Balaban J connectivity index is 2.41. The molecule has 0 aliphatic carbocycles. The molecule has 18 heavy (non-hydrogen) atoms. The molecule has 2 rings (SSSR count). The third kappa shape index (κ3) is 2.37. The van der Waals surface area contributed by atoms with Crippen LogP contribution in [0.4, 0.5) is 0 Å². The van der Waals surface area contributed by atoms with Crippen molar-refractivity contribution in [3.63, 3.8) is 0 Å². The number of hydrogen-bond acceptors (Lipinski definition) is 4. The van der Waals surface area contributed by atoms with Crippen LogP contribution >= 0.6 is 0 Å². The van der Waals surface area contributed by atoms with Crippen molar-refractivity contribution in [1.82, 2.24) is 5.48 Å². The molecule has 0 radical (unpaired) electrons. The molecule has 1 aromatic heterocycles. The Morgan fingerprint density at radius 2 is 2.17 bits per heavy atom. The van der Waals surface area contributed by atoms with Gasteiger partial charge < -0.3 is 9.15 Å². The molecule has 0 unspecified atom stereocenters. The highest BCUT2D eigenvalue weighted by Gasteiger charge is 2.20. The van der Waals surface area contributed by atoms with Crippen LogP contribution in [0.15, 0.2) is 28.7 Å². The van der Waals surface area contributed by atoms with Crippen molar-refractivity contribution in [2.75, 3.05) is 13.7 Å². The smallest absolute Gasteiger partial charge is 0.310 e. The first kappa shape index (κ1) is 12.6. The van der Waals surface area contributed by atoms with E-state index in [0.717, 1.165) is 10.9 Å². The molecular formula is C13H15NO4.